The van der Waals surface area contributed by atoms with E-state index >= 15 is 0 Å². The standard InChI is InChI=1S/C20H22F2N2O3S/c1-20(2,3)28(26)24-17-9-10-27-18-13(17)5-4-6-14(18)19(25)23-12-7-8-15(21)16(22)11-12/h4-8,11,17,24H,9-10H2,1-3H3,(H,23,25)/t17-,28?/m0/s1. The van der Waals surface area contributed by atoms with Crippen molar-refractivity contribution in [2.75, 3.05) is 11.9 Å². The van der Waals surface area contributed by atoms with Gasteiger partial charge in [0.15, 0.2) is 11.6 Å². The first-order chi connectivity index (χ1) is 13.2. The normalized spacial score (nSPS) is 17.4. The summed E-state index contributed by atoms with van der Waals surface area (Å²) >= 11 is -1.28. The number of nitrogens with one attached hydrogen (secondary N) is 2. The lowest BCUT2D eigenvalue weighted by atomic mass is 9.98. The van der Waals surface area contributed by atoms with Crippen molar-refractivity contribution in [3.8, 4) is 5.75 Å². The summed E-state index contributed by atoms with van der Waals surface area (Å²) in [4.78, 5) is 12.7. The van der Waals surface area contributed by atoms with E-state index in [1.54, 1.807) is 12.1 Å². The SMILES string of the molecule is CC(C)(C)[S+]([O-])N[C@H]1CCOc2c(C(=O)Nc3ccc(F)c(F)c3)cccc21. The summed E-state index contributed by atoms with van der Waals surface area (Å²) in [5, 5.41) is 2.55. The van der Waals surface area contributed by atoms with Crippen molar-refractivity contribution in [2.24, 2.45) is 0 Å². The second-order valence-electron chi connectivity index (χ2n) is 7.50. The average molecular weight is 408 g/mol. The minimum Gasteiger partial charge on any atom is -0.598 e. The molecule has 0 bridgehead atoms. The smallest absolute Gasteiger partial charge is 0.259 e. The van der Waals surface area contributed by atoms with Crippen LogP contribution in [0.1, 0.15) is 49.2 Å². The lowest BCUT2D eigenvalue weighted by Gasteiger charge is -2.31. The average Bonchev–Trinajstić information content (AvgIpc) is 2.63. The van der Waals surface area contributed by atoms with E-state index < -0.39 is 33.7 Å². The Bertz CT molecular complexity index is 886. The number of carbonyl (C=O) groups excluding carboxylic acids is 1. The molecule has 0 spiro atoms. The maximum atomic E-state index is 13.4. The lowest BCUT2D eigenvalue weighted by molar-refractivity contribution is 0.102. The van der Waals surface area contributed by atoms with E-state index in [4.69, 9.17) is 4.74 Å². The number of rotatable bonds is 4. The second kappa shape index (κ2) is 8.06. The summed E-state index contributed by atoms with van der Waals surface area (Å²) in [6, 6.07) is 8.05. The molecular formula is C20H22F2N2O3S. The van der Waals surface area contributed by atoms with Gasteiger partial charge in [0.1, 0.15) is 10.5 Å². The number of halogens is 2. The Kier molecular flexibility index (Phi) is 5.92. The molecule has 0 radical (unpaired) electrons. The Balaban J connectivity index is 1.85. The molecule has 1 unspecified atom stereocenters. The molecule has 0 saturated carbocycles. The number of fused-ring (bicyclic) bond motifs is 1. The summed E-state index contributed by atoms with van der Waals surface area (Å²) in [7, 11) is 0. The van der Waals surface area contributed by atoms with Crippen LogP contribution >= 0.6 is 0 Å². The molecule has 1 aliphatic heterocycles. The van der Waals surface area contributed by atoms with Crippen molar-refractivity contribution >= 4 is 23.0 Å². The highest BCUT2D eigenvalue weighted by Crippen LogP contribution is 2.36. The van der Waals surface area contributed by atoms with Crippen LogP contribution in [0.25, 0.3) is 0 Å². The first-order valence-electron chi connectivity index (χ1n) is 8.87. The van der Waals surface area contributed by atoms with Crippen LogP contribution in [0.4, 0.5) is 14.5 Å². The first kappa shape index (κ1) is 20.6. The predicted molar refractivity (Wildman–Crippen MR) is 105 cm³/mol. The maximum Gasteiger partial charge on any atom is 0.259 e. The third kappa shape index (κ3) is 4.45. The minimum absolute atomic E-state index is 0.140. The number of anilines is 1. The van der Waals surface area contributed by atoms with Crippen LogP contribution in [0.3, 0.4) is 0 Å². The van der Waals surface area contributed by atoms with E-state index in [1.165, 1.54) is 6.07 Å². The molecule has 1 aliphatic rings. The van der Waals surface area contributed by atoms with Gasteiger partial charge in [-0.1, -0.05) is 12.1 Å². The van der Waals surface area contributed by atoms with Crippen LogP contribution in [-0.4, -0.2) is 21.8 Å². The number of benzene rings is 2. The van der Waals surface area contributed by atoms with E-state index in [2.05, 4.69) is 10.0 Å². The van der Waals surface area contributed by atoms with Gasteiger partial charge in [0.05, 0.1) is 18.2 Å². The van der Waals surface area contributed by atoms with Crippen LogP contribution in [0.15, 0.2) is 36.4 Å². The van der Waals surface area contributed by atoms with Gasteiger partial charge in [-0.25, -0.2) is 8.78 Å². The Morgan fingerprint density at radius 3 is 2.64 bits per heavy atom. The molecule has 5 nitrogen and oxygen atoms in total. The highest BCUT2D eigenvalue weighted by atomic mass is 32.2. The fourth-order valence-electron chi connectivity index (χ4n) is 2.80. The van der Waals surface area contributed by atoms with Crippen molar-refractivity contribution in [3.05, 3.63) is 59.2 Å². The fraction of sp³-hybridized carbons (Fsp3) is 0.350. The maximum absolute atomic E-state index is 13.4. The van der Waals surface area contributed by atoms with E-state index in [0.717, 1.165) is 17.7 Å². The topological polar surface area (TPSA) is 73.4 Å². The molecule has 28 heavy (non-hydrogen) atoms. The summed E-state index contributed by atoms with van der Waals surface area (Å²) in [6.45, 7) is 5.99. The van der Waals surface area contributed by atoms with Gasteiger partial charge < -0.3 is 14.6 Å². The molecule has 2 aromatic rings. The molecule has 0 aliphatic carbocycles. The van der Waals surface area contributed by atoms with Gasteiger partial charge in [-0.2, -0.15) is 0 Å². The van der Waals surface area contributed by atoms with Crippen molar-refractivity contribution in [3.63, 3.8) is 0 Å². The highest BCUT2D eigenvalue weighted by molar-refractivity contribution is 7.90. The zero-order chi connectivity index (χ0) is 20.5. The van der Waals surface area contributed by atoms with Gasteiger partial charge in [0, 0.05) is 35.1 Å². The number of amides is 1. The van der Waals surface area contributed by atoms with E-state index in [9.17, 15) is 18.1 Å². The van der Waals surface area contributed by atoms with Gasteiger partial charge >= 0.3 is 0 Å². The van der Waals surface area contributed by atoms with Crippen LogP contribution < -0.4 is 14.8 Å². The van der Waals surface area contributed by atoms with Crippen molar-refractivity contribution in [2.45, 2.75) is 38.0 Å². The van der Waals surface area contributed by atoms with Gasteiger partial charge in [-0.15, -0.1) is 4.72 Å². The Hall–Kier alpha value is -2.16. The Morgan fingerprint density at radius 2 is 1.96 bits per heavy atom. The number of para-hydroxylation sites is 1. The van der Waals surface area contributed by atoms with Crippen LogP contribution in [-0.2, 0) is 11.4 Å². The monoisotopic (exact) mass is 408 g/mol. The van der Waals surface area contributed by atoms with Gasteiger partial charge in [-0.05, 0) is 39.0 Å². The molecule has 1 heterocycles. The summed E-state index contributed by atoms with van der Waals surface area (Å²) in [6.07, 6.45) is 0.614. The molecule has 8 heteroatoms. The Morgan fingerprint density at radius 1 is 1.21 bits per heavy atom. The number of hydrogen-bond donors (Lipinski definition) is 2. The molecule has 2 atom stereocenters. The zero-order valence-electron chi connectivity index (χ0n) is 15.8. The van der Waals surface area contributed by atoms with E-state index in [1.807, 2.05) is 26.8 Å². The van der Waals surface area contributed by atoms with Gasteiger partial charge in [0.25, 0.3) is 5.91 Å². The van der Waals surface area contributed by atoms with E-state index in [-0.39, 0.29) is 17.3 Å². The first-order valence-corrected chi connectivity index (χ1v) is 10.0. The van der Waals surface area contributed by atoms with Crippen molar-refractivity contribution in [1.29, 1.82) is 0 Å². The van der Waals surface area contributed by atoms with Crippen molar-refractivity contribution in [1.82, 2.24) is 4.72 Å². The molecule has 150 valence electrons. The quantitative estimate of drug-likeness (QED) is 0.748. The largest absolute Gasteiger partial charge is 0.598 e. The van der Waals surface area contributed by atoms with Crippen LogP contribution in [0.2, 0.25) is 0 Å². The number of hydrogen-bond acceptors (Lipinski definition) is 4. The third-order valence-electron chi connectivity index (χ3n) is 4.30. The fourth-order valence-corrected chi connectivity index (χ4v) is 3.66. The molecule has 2 aromatic carbocycles. The Labute approximate surface area is 165 Å². The minimum atomic E-state index is -1.28. The summed E-state index contributed by atoms with van der Waals surface area (Å²) in [5.41, 5.74) is 1.15. The molecule has 3 rings (SSSR count). The van der Waals surface area contributed by atoms with Crippen LogP contribution in [0, 0.1) is 11.6 Å². The van der Waals surface area contributed by atoms with E-state index in [0.29, 0.717) is 18.8 Å². The lowest BCUT2D eigenvalue weighted by Crippen LogP contribution is -2.42. The third-order valence-corrected chi connectivity index (χ3v) is 5.91. The molecule has 0 aromatic heterocycles. The number of carbonyl (C=O) groups is 1. The number of ether oxygens (including phenoxy) is 1. The summed E-state index contributed by atoms with van der Waals surface area (Å²) in [5.74, 6) is -2.13. The van der Waals surface area contributed by atoms with Gasteiger partial charge in [0.2, 0.25) is 0 Å². The highest BCUT2D eigenvalue weighted by Gasteiger charge is 2.33. The predicted octanol–water partition coefficient (Wildman–Crippen LogP) is 4.09. The molecule has 1 amide bonds. The van der Waals surface area contributed by atoms with Gasteiger partial charge in [-0.3, -0.25) is 4.79 Å². The van der Waals surface area contributed by atoms with Crippen LogP contribution in [0.5, 0.6) is 5.75 Å². The molecule has 0 fully saturated rings. The molecule has 2 N–H and O–H groups in total. The molecule has 0 saturated heterocycles. The zero-order valence-corrected chi connectivity index (χ0v) is 16.7. The summed E-state index contributed by atoms with van der Waals surface area (Å²) < 4.78 is 47.3. The molecular weight excluding hydrogens is 386 g/mol. The second-order valence-corrected chi connectivity index (χ2v) is 9.49. The van der Waals surface area contributed by atoms with Crippen molar-refractivity contribution < 1.29 is 22.9 Å².